The predicted molar refractivity (Wildman–Crippen MR) is 62.0 cm³/mol. The third-order valence-electron chi connectivity index (χ3n) is 3.45. The number of rotatable bonds is 4. The van der Waals surface area contributed by atoms with E-state index in [1.807, 2.05) is 6.92 Å². The summed E-state index contributed by atoms with van der Waals surface area (Å²) in [5, 5.41) is 0. The zero-order valence-electron chi connectivity index (χ0n) is 11.1. The van der Waals surface area contributed by atoms with Crippen LogP contribution >= 0.6 is 0 Å². The molecule has 18 heavy (non-hydrogen) atoms. The molecule has 5 heteroatoms. The van der Waals surface area contributed by atoms with Crippen LogP contribution in [0.4, 0.5) is 13.2 Å². The van der Waals surface area contributed by atoms with Crippen LogP contribution in [-0.2, 0) is 6.18 Å². The predicted octanol–water partition coefficient (Wildman–Crippen LogP) is 3.20. The molecule has 0 aliphatic rings. The van der Waals surface area contributed by atoms with E-state index >= 15 is 0 Å². The Labute approximate surface area is 105 Å². The van der Waals surface area contributed by atoms with Crippen LogP contribution in [0.2, 0.25) is 0 Å². The molecule has 0 radical (unpaired) electrons. The highest BCUT2D eigenvalue weighted by atomic mass is 19.4. The van der Waals surface area contributed by atoms with Gasteiger partial charge in [-0.15, -0.1) is 0 Å². The maximum absolute atomic E-state index is 12.7. The molecule has 0 N–H and O–H groups in total. The molecule has 2 unspecified atom stereocenters. The fourth-order valence-corrected chi connectivity index (χ4v) is 1.82. The Morgan fingerprint density at radius 1 is 1.28 bits per heavy atom. The average molecular weight is 262 g/mol. The van der Waals surface area contributed by atoms with Crippen molar-refractivity contribution in [3.8, 4) is 0 Å². The molecule has 0 amide bonds. The summed E-state index contributed by atoms with van der Waals surface area (Å²) in [6, 6.07) is 2.59. The molecule has 1 aromatic rings. The molecule has 1 aromatic heterocycles. The topological polar surface area (TPSA) is 13.1 Å². The van der Waals surface area contributed by atoms with Crippen molar-refractivity contribution < 1.29 is 22.7 Å². The monoisotopic (exact) mass is 262 g/mol. The van der Waals surface area contributed by atoms with Crippen molar-refractivity contribution in [1.82, 2.24) is 0 Å². The Hall–Kier alpha value is -1.26. The first kappa shape index (κ1) is 14.8. The van der Waals surface area contributed by atoms with Gasteiger partial charge >= 0.3 is 11.9 Å². The van der Waals surface area contributed by atoms with Gasteiger partial charge in [0, 0.05) is 16.4 Å². The maximum Gasteiger partial charge on any atom is 0.482 e. The molecule has 0 aromatic carbocycles. The largest absolute Gasteiger partial charge is 0.482 e. The van der Waals surface area contributed by atoms with Crippen LogP contribution in [0, 0.1) is 5.92 Å². The van der Waals surface area contributed by atoms with E-state index in [-0.39, 0.29) is 5.92 Å². The highest BCUT2D eigenvalue weighted by Crippen LogP contribution is 2.29. The molecule has 102 valence electrons. The minimum Gasteiger partial charge on any atom is -0.274 e. The normalized spacial score (nSPS) is 15.3. The quantitative estimate of drug-likeness (QED) is 0.759. The Balaban J connectivity index is 3.13. The number of aromatic nitrogens is 1. The molecule has 0 saturated heterocycles. The van der Waals surface area contributed by atoms with Gasteiger partial charge in [0.25, 0.3) is 0 Å². The first-order chi connectivity index (χ1) is 8.31. The van der Waals surface area contributed by atoms with Gasteiger partial charge in [0.05, 0.1) is 0 Å². The summed E-state index contributed by atoms with van der Waals surface area (Å²) in [6.45, 7) is 6.16. The van der Waals surface area contributed by atoms with E-state index in [1.54, 1.807) is 0 Å². The molecular formula is C13H19F3NO+. The van der Waals surface area contributed by atoms with Crippen molar-refractivity contribution in [3.63, 3.8) is 0 Å². The highest BCUT2D eigenvalue weighted by molar-refractivity contribution is 5.15. The van der Waals surface area contributed by atoms with Gasteiger partial charge in [-0.25, -0.2) is 0 Å². The minimum absolute atomic E-state index is 0.193. The van der Waals surface area contributed by atoms with Crippen LogP contribution in [0.3, 0.4) is 0 Å². The molecule has 0 aliphatic heterocycles. The lowest BCUT2D eigenvalue weighted by Gasteiger charge is -2.17. The lowest BCUT2D eigenvalue weighted by Crippen LogP contribution is -2.47. The zero-order valence-corrected chi connectivity index (χ0v) is 11.1. The van der Waals surface area contributed by atoms with Gasteiger partial charge in [-0.1, -0.05) is 27.2 Å². The van der Waals surface area contributed by atoms with E-state index in [0.29, 0.717) is 5.92 Å². The number of nitrogens with zero attached hydrogens (tertiary/aromatic N) is 1. The Morgan fingerprint density at radius 3 is 2.33 bits per heavy atom. The van der Waals surface area contributed by atoms with E-state index in [9.17, 15) is 13.2 Å². The first-order valence-corrected chi connectivity index (χ1v) is 5.98. The second-order valence-corrected chi connectivity index (χ2v) is 4.53. The third-order valence-corrected chi connectivity index (χ3v) is 3.45. The maximum atomic E-state index is 12.7. The molecule has 2 atom stereocenters. The van der Waals surface area contributed by atoms with E-state index < -0.39 is 11.9 Å². The number of pyridine rings is 1. The summed E-state index contributed by atoms with van der Waals surface area (Å²) in [5.41, 5.74) is 0.0456. The number of alkyl halides is 3. The summed E-state index contributed by atoms with van der Waals surface area (Å²) in [6.07, 6.45) is -2.01. The smallest absolute Gasteiger partial charge is 0.274 e. The molecule has 1 heterocycles. The van der Waals surface area contributed by atoms with E-state index in [4.69, 9.17) is 4.84 Å². The fraction of sp³-hybridized carbons (Fsp3) is 0.615. The van der Waals surface area contributed by atoms with E-state index in [2.05, 4.69) is 13.8 Å². The van der Waals surface area contributed by atoms with Crippen molar-refractivity contribution in [3.05, 3.63) is 29.6 Å². The molecule has 0 spiro atoms. The molecule has 0 bridgehead atoms. The Bertz CT molecular complexity index is 404. The van der Waals surface area contributed by atoms with Crippen LogP contribution in [0.1, 0.15) is 44.4 Å². The number of hydrogen-bond donors (Lipinski definition) is 0. The van der Waals surface area contributed by atoms with E-state index in [1.165, 1.54) is 19.4 Å². The average Bonchev–Trinajstić information content (AvgIpc) is 2.34. The number of halogens is 3. The van der Waals surface area contributed by atoms with Crippen molar-refractivity contribution in [2.75, 3.05) is 7.11 Å². The summed E-state index contributed by atoms with van der Waals surface area (Å²) < 4.78 is 38.9. The highest BCUT2D eigenvalue weighted by Gasteiger charge is 2.42. The van der Waals surface area contributed by atoms with Crippen molar-refractivity contribution in [2.24, 2.45) is 5.92 Å². The number of hydrogen-bond acceptors (Lipinski definition) is 1. The van der Waals surface area contributed by atoms with Crippen LogP contribution < -0.4 is 9.57 Å². The molecular weight excluding hydrogens is 243 g/mol. The SMILES string of the molecule is CCC(C)C(C)c1ccc(C(F)(F)F)[n+](OC)c1. The lowest BCUT2D eigenvalue weighted by atomic mass is 9.88. The molecule has 1 rings (SSSR count). The third kappa shape index (κ3) is 3.15. The van der Waals surface area contributed by atoms with Gasteiger partial charge in [-0.2, -0.15) is 13.2 Å². The van der Waals surface area contributed by atoms with Gasteiger partial charge in [-0.05, 0) is 17.9 Å². The van der Waals surface area contributed by atoms with Gasteiger partial charge in [0.15, 0.2) is 0 Å². The Kier molecular flexibility index (Phi) is 4.59. The second kappa shape index (κ2) is 5.59. The van der Waals surface area contributed by atoms with Crippen LogP contribution in [-0.4, -0.2) is 7.11 Å². The van der Waals surface area contributed by atoms with Crippen molar-refractivity contribution >= 4 is 0 Å². The van der Waals surface area contributed by atoms with Gasteiger partial charge in [0.2, 0.25) is 6.20 Å². The summed E-state index contributed by atoms with van der Waals surface area (Å²) in [5.74, 6) is 0.603. The van der Waals surface area contributed by atoms with Gasteiger partial charge in [-0.3, -0.25) is 4.84 Å². The summed E-state index contributed by atoms with van der Waals surface area (Å²) in [4.78, 5) is 4.77. The van der Waals surface area contributed by atoms with Crippen molar-refractivity contribution in [1.29, 1.82) is 0 Å². The molecule has 0 saturated carbocycles. The standard InChI is InChI=1S/C13H19F3NO/c1-5-9(2)10(3)11-6-7-12(13(14,15)16)17(8-11)18-4/h6-10H,5H2,1-4H3/q+1. The summed E-state index contributed by atoms with van der Waals surface area (Å²) >= 11 is 0. The lowest BCUT2D eigenvalue weighted by molar-refractivity contribution is -0.896. The van der Waals surface area contributed by atoms with Crippen LogP contribution in [0.5, 0.6) is 0 Å². The zero-order chi connectivity index (χ0) is 13.9. The minimum atomic E-state index is -4.41. The van der Waals surface area contributed by atoms with E-state index in [0.717, 1.165) is 22.8 Å². The van der Waals surface area contributed by atoms with Gasteiger partial charge in [0.1, 0.15) is 7.11 Å². The van der Waals surface area contributed by atoms with Gasteiger partial charge < -0.3 is 0 Å². The Morgan fingerprint density at radius 2 is 1.89 bits per heavy atom. The second-order valence-electron chi connectivity index (χ2n) is 4.53. The van der Waals surface area contributed by atoms with Crippen molar-refractivity contribution in [2.45, 2.75) is 39.3 Å². The molecule has 2 nitrogen and oxygen atoms in total. The van der Waals surface area contributed by atoms with Crippen LogP contribution in [0.25, 0.3) is 0 Å². The molecule has 0 aliphatic carbocycles. The fourth-order valence-electron chi connectivity index (χ4n) is 1.82. The molecule has 0 fully saturated rings. The van der Waals surface area contributed by atoms with Crippen LogP contribution in [0.15, 0.2) is 18.3 Å². The first-order valence-electron chi connectivity index (χ1n) is 5.98. The summed E-state index contributed by atoms with van der Waals surface area (Å²) in [7, 11) is 1.23.